The van der Waals surface area contributed by atoms with E-state index in [1.165, 1.54) is 18.2 Å². The van der Waals surface area contributed by atoms with E-state index in [4.69, 9.17) is 24.7 Å². The van der Waals surface area contributed by atoms with Crippen molar-refractivity contribution in [3.05, 3.63) is 42.6 Å². The van der Waals surface area contributed by atoms with Crippen LogP contribution in [0, 0.1) is 23.7 Å². The lowest BCUT2D eigenvalue weighted by Gasteiger charge is -2.34. The number of benzene rings is 1. The molecule has 2 unspecified atom stereocenters. The van der Waals surface area contributed by atoms with Crippen LogP contribution in [0.15, 0.2) is 42.6 Å². The minimum atomic E-state index is -4.96. The summed E-state index contributed by atoms with van der Waals surface area (Å²) >= 11 is 0. The summed E-state index contributed by atoms with van der Waals surface area (Å²) in [5, 5.41) is 3.72. The first-order valence-corrected chi connectivity index (χ1v) is 22.4. The SMILES string of the molecule is COc1cnc(O[C@@H]2C[C@@H](C(N)=O)N(C(=O)[C@@H](NC(=O)OC3(C(F)(F)F)CCOC3)[C@H](C)C[C@@H](C)CC/C=C\[C@@H]3CCCC3C(=O)NS(=O)(=O)C3(CF)CC3)C2)c2ccccc12. The summed E-state index contributed by atoms with van der Waals surface area (Å²) < 4.78 is 104. The maximum atomic E-state index is 14.5. The Bertz CT molecular complexity index is 2110. The summed E-state index contributed by atoms with van der Waals surface area (Å²) in [5.74, 6) is -3.12. The van der Waals surface area contributed by atoms with E-state index in [1.54, 1.807) is 19.1 Å². The lowest BCUT2D eigenvalue weighted by Crippen LogP contribution is -2.57. The second-order valence-electron chi connectivity index (χ2n) is 17.2. The van der Waals surface area contributed by atoms with Gasteiger partial charge in [-0.05, 0) is 68.8 Å². The number of nitrogens with one attached hydrogen (secondary N) is 2. The predicted octanol–water partition coefficient (Wildman–Crippen LogP) is 5.26. The van der Waals surface area contributed by atoms with Gasteiger partial charge in [-0.25, -0.2) is 22.6 Å². The molecule has 2 aliphatic carbocycles. The molecule has 1 aromatic heterocycles. The summed E-state index contributed by atoms with van der Waals surface area (Å²) in [7, 11) is -2.63. The number of alkyl halides is 4. The van der Waals surface area contributed by atoms with Gasteiger partial charge < -0.3 is 34.9 Å². The van der Waals surface area contributed by atoms with Crippen LogP contribution in [0.3, 0.4) is 0 Å². The van der Waals surface area contributed by atoms with E-state index in [1.807, 2.05) is 31.2 Å². The standard InChI is InChI=1S/C42H55F4N5O10S/c1-25(9-4-5-10-27-11-8-14-29(27)36(53)50-62(56,57)40(23-43)15-16-40)19-26(2)34(49-39(55)61-41(42(44,45)46)17-18-59-24-41)38(54)51-22-28(20-32(51)35(47)52)60-37-31-13-7-6-12-30(31)33(58-3)21-48-37/h5-7,10,12-13,21,25-29,32,34H,4,8-9,11,14-20,22-24H2,1-3H3,(H2,47,52)(H,49,55)(H,50,53)/b10-5-/t25-,26+,27+,28+,29?,32-,34-,41?/m0/s1. The smallest absolute Gasteiger partial charge is 0.430 e. The molecule has 20 heteroatoms. The number of rotatable bonds is 18. The van der Waals surface area contributed by atoms with Crippen LogP contribution in [0.4, 0.5) is 22.4 Å². The highest BCUT2D eigenvalue weighted by molar-refractivity contribution is 7.91. The highest BCUT2D eigenvalue weighted by Crippen LogP contribution is 2.44. The first-order valence-electron chi connectivity index (χ1n) is 20.9. The maximum absolute atomic E-state index is 14.5. The van der Waals surface area contributed by atoms with Crippen molar-refractivity contribution in [2.24, 2.45) is 29.4 Å². The first kappa shape index (κ1) is 46.8. The van der Waals surface area contributed by atoms with Crippen molar-refractivity contribution in [2.75, 3.05) is 33.5 Å². The Hall–Kier alpha value is -4.72. The van der Waals surface area contributed by atoms with Gasteiger partial charge in [-0.2, -0.15) is 13.2 Å². The number of hydrogen-bond acceptors (Lipinski definition) is 11. The van der Waals surface area contributed by atoms with Gasteiger partial charge in [0.1, 0.15) is 35.4 Å². The van der Waals surface area contributed by atoms with Crippen LogP contribution < -0.4 is 25.2 Å². The minimum absolute atomic E-state index is 0.0242. The van der Waals surface area contributed by atoms with Gasteiger partial charge in [0.05, 0.1) is 33.1 Å². The van der Waals surface area contributed by atoms with Crippen LogP contribution in [0.25, 0.3) is 10.8 Å². The number of methoxy groups -OCH3 is 1. The fourth-order valence-corrected chi connectivity index (χ4v) is 10.3. The van der Waals surface area contributed by atoms with Crippen molar-refractivity contribution in [1.29, 1.82) is 0 Å². The molecule has 0 bridgehead atoms. The third-order valence-corrected chi connectivity index (χ3v) is 14.9. The number of sulfonamides is 1. The molecule has 62 heavy (non-hydrogen) atoms. The van der Waals surface area contributed by atoms with Gasteiger partial charge in [0, 0.05) is 29.5 Å². The number of alkyl carbamates (subject to hydrolysis) is 1. The Balaban J connectivity index is 1.13. The van der Waals surface area contributed by atoms with E-state index in [9.17, 15) is 45.2 Å². The van der Waals surface area contributed by atoms with Crippen LogP contribution in [-0.2, 0) is 33.9 Å². The largest absolute Gasteiger partial charge is 0.494 e. The summed E-state index contributed by atoms with van der Waals surface area (Å²) in [6, 6.07) is 4.56. The van der Waals surface area contributed by atoms with Crippen molar-refractivity contribution in [1.82, 2.24) is 19.9 Å². The molecular weight excluding hydrogens is 843 g/mol. The Morgan fingerprint density at radius 1 is 1.11 bits per heavy atom. The highest BCUT2D eigenvalue weighted by Gasteiger charge is 2.61. The van der Waals surface area contributed by atoms with Crippen LogP contribution in [0.1, 0.15) is 78.1 Å². The van der Waals surface area contributed by atoms with Crippen LogP contribution in [-0.4, -0.2) is 110 Å². The lowest BCUT2D eigenvalue weighted by atomic mass is 9.87. The monoisotopic (exact) mass is 897 g/mol. The molecular formula is C42H55F4N5O10S. The van der Waals surface area contributed by atoms with E-state index < -0.39 is 100 Å². The van der Waals surface area contributed by atoms with Gasteiger partial charge in [0.15, 0.2) is 0 Å². The number of carbonyl (C=O) groups is 4. The van der Waals surface area contributed by atoms with E-state index in [0.29, 0.717) is 55.0 Å². The number of nitrogens with two attached hydrogens (primary N) is 1. The van der Waals surface area contributed by atoms with Gasteiger partial charge in [-0.15, -0.1) is 0 Å². The molecule has 4 fully saturated rings. The topological polar surface area (TPSA) is 206 Å². The third kappa shape index (κ3) is 10.1. The quantitative estimate of drug-likeness (QED) is 0.130. The average Bonchev–Trinajstić information content (AvgIpc) is 3.50. The number of fused-ring (bicyclic) bond motifs is 1. The van der Waals surface area contributed by atoms with Crippen molar-refractivity contribution < 1.29 is 64.1 Å². The number of ether oxygens (including phenoxy) is 4. The van der Waals surface area contributed by atoms with Gasteiger partial charge in [-0.1, -0.05) is 50.6 Å². The molecule has 4 N–H and O–H groups in total. The van der Waals surface area contributed by atoms with Crippen molar-refractivity contribution in [2.45, 2.75) is 113 Å². The number of nitrogens with zero attached hydrogens (tertiary/aromatic N) is 2. The number of pyridine rings is 1. The van der Waals surface area contributed by atoms with E-state index in [0.717, 1.165) is 0 Å². The number of aromatic nitrogens is 1. The van der Waals surface area contributed by atoms with Crippen molar-refractivity contribution in [3.63, 3.8) is 0 Å². The number of allylic oxidation sites excluding steroid dienone is 2. The van der Waals surface area contributed by atoms with E-state index >= 15 is 0 Å². The Kier molecular flexibility index (Phi) is 14.3. The number of carbonyl (C=O) groups excluding carboxylic acids is 4. The Labute approximate surface area is 357 Å². The predicted molar refractivity (Wildman–Crippen MR) is 217 cm³/mol. The number of amides is 4. The third-order valence-electron chi connectivity index (χ3n) is 12.7. The highest BCUT2D eigenvalue weighted by atomic mass is 32.2. The molecule has 8 atom stereocenters. The number of hydrogen-bond donors (Lipinski definition) is 3. The minimum Gasteiger partial charge on any atom is -0.494 e. The molecule has 0 spiro atoms. The number of primary amides is 1. The second kappa shape index (κ2) is 18.9. The average molecular weight is 898 g/mol. The molecule has 3 heterocycles. The molecule has 2 saturated carbocycles. The van der Waals surface area contributed by atoms with E-state index in [2.05, 4.69) is 15.0 Å². The van der Waals surface area contributed by atoms with Gasteiger partial charge in [0.25, 0.3) is 0 Å². The fraction of sp³-hybridized carbons (Fsp3) is 0.643. The van der Waals surface area contributed by atoms with Crippen molar-refractivity contribution >= 4 is 44.6 Å². The zero-order valence-corrected chi connectivity index (χ0v) is 35.8. The zero-order chi connectivity index (χ0) is 45.0. The Morgan fingerprint density at radius 3 is 2.47 bits per heavy atom. The fourth-order valence-electron chi connectivity index (χ4n) is 8.83. The van der Waals surface area contributed by atoms with E-state index in [-0.39, 0.29) is 50.1 Å². The normalized spacial score (nSPS) is 26.2. The molecule has 2 aliphatic heterocycles. The molecule has 2 aromatic rings. The Morgan fingerprint density at radius 2 is 1.84 bits per heavy atom. The second-order valence-corrected chi connectivity index (χ2v) is 19.3. The number of likely N-dealkylation sites (tertiary alicyclic amines) is 1. The summed E-state index contributed by atoms with van der Waals surface area (Å²) in [6.45, 7) is 1.17. The molecule has 15 nitrogen and oxygen atoms in total. The van der Waals surface area contributed by atoms with Crippen LogP contribution in [0.5, 0.6) is 11.6 Å². The summed E-state index contributed by atoms with van der Waals surface area (Å²) in [4.78, 5) is 59.2. The molecule has 0 radical (unpaired) electrons. The maximum Gasteiger partial charge on any atom is 0.430 e. The molecule has 1 aromatic carbocycles. The number of halogens is 4. The molecule has 4 aliphatic rings. The summed E-state index contributed by atoms with van der Waals surface area (Å²) in [5.41, 5.74) is 2.88. The molecule has 6 rings (SSSR count). The first-order chi connectivity index (χ1) is 29.3. The van der Waals surface area contributed by atoms with Gasteiger partial charge in [-0.3, -0.25) is 19.1 Å². The van der Waals surface area contributed by atoms with Crippen LogP contribution >= 0.6 is 0 Å². The molecule has 2 saturated heterocycles. The van der Waals surface area contributed by atoms with Gasteiger partial charge >= 0.3 is 12.3 Å². The molecule has 342 valence electrons. The van der Waals surface area contributed by atoms with Crippen molar-refractivity contribution in [3.8, 4) is 11.6 Å². The van der Waals surface area contributed by atoms with Gasteiger partial charge in [0.2, 0.25) is 39.2 Å². The zero-order valence-electron chi connectivity index (χ0n) is 35.0. The lowest BCUT2D eigenvalue weighted by molar-refractivity contribution is -0.256. The summed E-state index contributed by atoms with van der Waals surface area (Å²) in [6.07, 6.45) is 1.02. The van der Waals surface area contributed by atoms with Crippen LogP contribution in [0.2, 0.25) is 0 Å². The molecule has 4 amide bonds.